The van der Waals surface area contributed by atoms with Crippen molar-refractivity contribution >= 4 is 16.7 Å². The van der Waals surface area contributed by atoms with Gasteiger partial charge in [-0.1, -0.05) is 39.0 Å². The lowest BCUT2D eigenvalue weighted by Crippen LogP contribution is -2.40. The third-order valence-electron chi connectivity index (χ3n) is 9.44. The van der Waals surface area contributed by atoms with Crippen LogP contribution in [0.15, 0.2) is 30.3 Å². The highest BCUT2D eigenvalue weighted by Gasteiger charge is 2.58. The van der Waals surface area contributed by atoms with Crippen molar-refractivity contribution in [3.05, 3.63) is 41.5 Å². The van der Waals surface area contributed by atoms with Gasteiger partial charge in [-0.15, -0.1) is 0 Å². The number of hydrogen-bond donors (Lipinski definition) is 2. The van der Waals surface area contributed by atoms with Crippen molar-refractivity contribution in [2.75, 3.05) is 0 Å². The molecule has 0 spiro atoms. The molecule has 0 radical (unpaired) electrons. The maximum atomic E-state index is 14.2. The van der Waals surface area contributed by atoms with Crippen LogP contribution in [-0.4, -0.2) is 22.7 Å². The first-order valence-electron chi connectivity index (χ1n) is 13.4. The van der Waals surface area contributed by atoms with Crippen LogP contribution in [0.25, 0.3) is 10.8 Å². The van der Waals surface area contributed by atoms with Crippen molar-refractivity contribution in [2.45, 2.75) is 103 Å². The Labute approximate surface area is 208 Å². The average Bonchev–Trinajstić information content (AvgIpc) is 3.41. The zero-order valence-electron chi connectivity index (χ0n) is 21.5. The molecule has 3 saturated carbocycles. The Morgan fingerprint density at radius 3 is 2.40 bits per heavy atom. The molecule has 3 aliphatic carbocycles. The SMILES string of the molecule is CC(C)(C)[C@H]1CC[C@H](Oc2ccc3cc(CNC45CCC(C(=O)O)(CC4)C5)ccc3c2CF)CC1. The van der Waals surface area contributed by atoms with E-state index in [1.807, 2.05) is 18.2 Å². The van der Waals surface area contributed by atoms with Crippen LogP contribution >= 0.6 is 0 Å². The molecule has 0 aromatic heterocycles. The van der Waals surface area contributed by atoms with E-state index < -0.39 is 18.1 Å². The normalized spacial score (nSPS) is 30.6. The van der Waals surface area contributed by atoms with Crippen molar-refractivity contribution in [2.24, 2.45) is 16.7 Å². The second kappa shape index (κ2) is 9.06. The van der Waals surface area contributed by atoms with Crippen LogP contribution in [-0.2, 0) is 18.0 Å². The summed E-state index contributed by atoms with van der Waals surface area (Å²) in [7, 11) is 0. The molecule has 5 heteroatoms. The average molecular weight is 482 g/mol. The highest BCUT2D eigenvalue weighted by Crippen LogP contribution is 2.56. The van der Waals surface area contributed by atoms with Crippen LogP contribution in [0.4, 0.5) is 4.39 Å². The van der Waals surface area contributed by atoms with E-state index in [9.17, 15) is 14.3 Å². The first kappa shape index (κ1) is 24.5. The summed E-state index contributed by atoms with van der Waals surface area (Å²) in [6.45, 7) is 7.11. The van der Waals surface area contributed by atoms with Crippen LogP contribution < -0.4 is 10.1 Å². The minimum atomic E-state index is -0.636. The maximum Gasteiger partial charge on any atom is 0.309 e. The first-order chi connectivity index (χ1) is 16.6. The van der Waals surface area contributed by atoms with Gasteiger partial charge in [-0.3, -0.25) is 4.79 Å². The Balaban J connectivity index is 1.26. The molecule has 3 aliphatic rings. The Bertz CT molecular complexity index is 1090. The summed E-state index contributed by atoms with van der Waals surface area (Å²) in [6, 6.07) is 10.2. The summed E-state index contributed by atoms with van der Waals surface area (Å²) >= 11 is 0. The van der Waals surface area contributed by atoms with E-state index in [0.717, 1.165) is 80.0 Å². The number of aliphatic carboxylic acids is 1. The van der Waals surface area contributed by atoms with Gasteiger partial charge in [0.1, 0.15) is 12.4 Å². The fourth-order valence-electron chi connectivity index (χ4n) is 7.03. The number of fused-ring (bicyclic) bond motifs is 3. The summed E-state index contributed by atoms with van der Waals surface area (Å²) in [5.41, 5.74) is 1.55. The molecule has 2 bridgehead atoms. The molecule has 4 nitrogen and oxygen atoms in total. The number of halogens is 1. The maximum absolute atomic E-state index is 14.2. The van der Waals surface area contributed by atoms with Gasteiger partial charge in [-0.25, -0.2) is 4.39 Å². The molecular formula is C30H40FNO3. The lowest BCUT2D eigenvalue weighted by atomic mass is 9.72. The standard InChI is InChI=1S/C30H40FNO3/c1-28(2,3)22-6-8-23(9-7-22)35-26-11-5-21-16-20(4-10-24(21)25(26)17-31)18-32-30-14-12-29(19-30,13-15-30)27(33)34/h4-5,10-11,16,22-23,32H,6-9,12-15,17-19H2,1-3H3,(H,33,34)/t22-,23-,29?,30?. The summed E-state index contributed by atoms with van der Waals surface area (Å²) < 4.78 is 20.6. The summed E-state index contributed by atoms with van der Waals surface area (Å²) in [5.74, 6) is 0.773. The molecule has 0 saturated heterocycles. The van der Waals surface area contributed by atoms with Gasteiger partial charge in [0.15, 0.2) is 0 Å². The van der Waals surface area contributed by atoms with E-state index >= 15 is 0 Å². The fraction of sp³-hybridized carbons (Fsp3) is 0.633. The van der Waals surface area contributed by atoms with E-state index in [4.69, 9.17) is 4.74 Å². The second-order valence-electron chi connectivity index (χ2n) is 12.6. The van der Waals surface area contributed by atoms with Gasteiger partial charge >= 0.3 is 5.97 Å². The molecule has 0 unspecified atom stereocenters. The van der Waals surface area contributed by atoms with Crippen LogP contribution in [0.5, 0.6) is 5.75 Å². The van der Waals surface area contributed by atoms with E-state index in [1.54, 1.807) is 0 Å². The lowest BCUT2D eigenvalue weighted by Gasteiger charge is -2.37. The monoisotopic (exact) mass is 481 g/mol. The van der Waals surface area contributed by atoms with Gasteiger partial charge in [-0.2, -0.15) is 0 Å². The Morgan fingerprint density at radius 2 is 1.80 bits per heavy atom. The molecule has 0 atom stereocenters. The van der Waals surface area contributed by atoms with Crippen molar-refractivity contribution in [3.8, 4) is 5.75 Å². The third-order valence-corrected chi connectivity index (χ3v) is 9.44. The molecule has 2 N–H and O–H groups in total. The lowest BCUT2D eigenvalue weighted by molar-refractivity contribution is -0.148. The van der Waals surface area contributed by atoms with E-state index in [0.29, 0.717) is 23.3 Å². The zero-order chi connectivity index (χ0) is 24.8. The van der Waals surface area contributed by atoms with Crippen molar-refractivity contribution in [3.63, 3.8) is 0 Å². The van der Waals surface area contributed by atoms with Crippen LogP contribution in [0.3, 0.4) is 0 Å². The molecule has 0 heterocycles. The van der Waals surface area contributed by atoms with Gasteiger partial charge < -0.3 is 15.2 Å². The number of alkyl halides is 1. The summed E-state index contributed by atoms with van der Waals surface area (Å²) in [4.78, 5) is 11.7. The first-order valence-corrected chi connectivity index (χ1v) is 13.4. The van der Waals surface area contributed by atoms with Gasteiger partial charge in [0, 0.05) is 17.6 Å². The molecule has 35 heavy (non-hydrogen) atoms. The zero-order valence-corrected chi connectivity index (χ0v) is 21.5. The largest absolute Gasteiger partial charge is 0.490 e. The minimum absolute atomic E-state index is 0.0544. The minimum Gasteiger partial charge on any atom is -0.490 e. The highest BCUT2D eigenvalue weighted by molar-refractivity contribution is 5.88. The van der Waals surface area contributed by atoms with Gasteiger partial charge in [0.05, 0.1) is 11.5 Å². The predicted molar refractivity (Wildman–Crippen MR) is 137 cm³/mol. The second-order valence-corrected chi connectivity index (χ2v) is 12.6. The van der Waals surface area contributed by atoms with E-state index in [-0.39, 0.29) is 11.6 Å². The number of ether oxygens (including phenoxy) is 1. The van der Waals surface area contributed by atoms with Gasteiger partial charge in [0.25, 0.3) is 0 Å². The number of benzene rings is 2. The number of carboxylic acids is 1. The number of nitrogens with one attached hydrogen (secondary N) is 1. The predicted octanol–water partition coefficient (Wildman–Crippen LogP) is 7.17. The molecule has 0 amide bonds. The molecule has 5 rings (SSSR count). The molecule has 0 aliphatic heterocycles. The molecule has 2 aromatic carbocycles. The Kier molecular flexibility index (Phi) is 6.36. The molecule has 3 fully saturated rings. The number of carbonyl (C=O) groups is 1. The van der Waals surface area contributed by atoms with Crippen LogP contribution in [0.2, 0.25) is 0 Å². The van der Waals surface area contributed by atoms with Crippen LogP contribution in [0.1, 0.15) is 89.7 Å². The summed E-state index contributed by atoms with van der Waals surface area (Å²) in [6.07, 6.45) is 8.68. The van der Waals surface area contributed by atoms with E-state index in [1.165, 1.54) is 0 Å². The number of hydrogen-bond acceptors (Lipinski definition) is 3. The molecular weight excluding hydrogens is 441 g/mol. The van der Waals surface area contributed by atoms with E-state index in [2.05, 4.69) is 38.2 Å². The van der Waals surface area contributed by atoms with Crippen LogP contribution in [0, 0.1) is 16.7 Å². The van der Waals surface area contributed by atoms with Crippen molar-refractivity contribution in [1.82, 2.24) is 5.32 Å². The third kappa shape index (κ3) is 4.69. The fourth-order valence-corrected chi connectivity index (χ4v) is 7.03. The topological polar surface area (TPSA) is 58.6 Å². The molecule has 2 aromatic rings. The number of carboxylic acid groups (broad SMARTS) is 1. The van der Waals surface area contributed by atoms with Gasteiger partial charge in [-0.05, 0) is 97.6 Å². The van der Waals surface area contributed by atoms with Gasteiger partial charge in [0.2, 0.25) is 0 Å². The Hall–Kier alpha value is -2.14. The molecule has 190 valence electrons. The van der Waals surface area contributed by atoms with Crippen molar-refractivity contribution in [1.29, 1.82) is 0 Å². The van der Waals surface area contributed by atoms with Crippen molar-refractivity contribution < 1.29 is 19.0 Å². The highest BCUT2D eigenvalue weighted by atomic mass is 19.1. The quantitative estimate of drug-likeness (QED) is 0.440. The Morgan fingerprint density at radius 1 is 1.09 bits per heavy atom. The summed E-state index contributed by atoms with van der Waals surface area (Å²) in [5, 5.41) is 15.3. The number of rotatable bonds is 7. The smallest absolute Gasteiger partial charge is 0.309 e.